The van der Waals surface area contributed by atoms with Gasteiger partial charge in [0.05, 0.1) is 11.5 Å². The third-order valence-corrected chi connectivity index (χ3v) is 5.30. The second kappa shape index (κ2) is 7.67. The summed E-state index contributed by atoms with van der Waals surface area (Å²) >= 11 is 0. The van der Waals surface area contributed by atoms with Gasteiger partial charge >= 0.3 is 6.18 Å². The first kappa shape index (κ1) is 18.1. The molecule has 1 aromatic rings. The zero-order valence-electron chi connectivity index (χ0n) is 14.3. The molecule has 0 bridgehead atoms. The normalized spacial score (nSPS) is 22.7. The molecule has 1 saturated carbocycles. The van der Waals surface area contributed by atoms with Crippen LogP contribution in [0.3, 0.4) is 0 Å². The first-order valence-corrected chi connectivity index (χ1v) is 9.16. The summed E-state index contributed by atoms with van der Waals surface area (Å²) in [6.07, 6.45) is 3.11. The van der Waals surface area contributed by atoms with Gasteiger partial charge in [0.15, 0.2) is 0 Å². The summed E-state index contributed by atoms with van der Waals surface area (Å²) in [7, 11) is 0. The average molecular weight is 354 g/mol. The molecule has 25 heavy (non-hydrogen) atoms. The third kappa shape index (κ3) is 4.67. The topological polar surface area (TPSA) is 32.3 Å². The van der Waals surface area contributed by atoms with E-state index in [9.17, 15) is 18.0 Å². The van der Waals surface area contributed by atoms with Crippen molar-refractivity contribution in [2.24, 2.45) is 5.92 Å². The quantitative estimate of drug-likeness (QED) is 0.874. The Hall–Kier alpha value is -1.72. The zero-order valence-corrected chi connectivity index (χ0v) is 14.3. The van der Waals surface area contributed by atoms with Crippen molar-refractivity contribution < 1.29 is 18.0 Å². The summed E-state index contributed by atoms with van der Waals surface area (Å²) in [5.74, 6) is 0.0153. The fraction of sp³-hybridized carbons (Fsp3) is 0.632. The van der Waals surface area contributed by atoms with Gasteiger partial charge in [-0.05, 0) is 49.9 Å². The van der Waals surface area contributed by atoms with Crippen LogP contribution in [0.4, 0.5) is 18.9 Å². The molecule has 0 spiro atoms. The van der Waals surface area contributed by atoms with Gasteiger partial charge < -0.3 is 10.2 Å². The molecule has 1 N–H and O–H groups in total. The molecule has 2 aliphatic rings. The molecule has 1 amide bonds. The van der Waals surface area contributed by atoms with Crippen LogP contribution in [0.15, 0.2) is 24.3 Å². The van der Waals surface area contributed by atoms with E-state index in [0.717, 1.165) is 50.0 Å². The van der Waals surface area contributed by atoms with Gasteiger partial charge in [0.2, 0.25) is 5.91 Å². The Kier molecular flexibility index (Phi) is 5.54. The molecule has 3 nitrogen and oxygen atoms in total. The molecular formula is C19H25F3N2O. The van der Waals surface area contributed by atoms with Crippen LogP contribution in [0, 0.1) is 5.92 Å². The summed E-state index contributed by atoms with van der Waals surface area (Å²) in [4.78, 5) is 14.6. The van der Waals surface area contributed by atoms with Crippen molar-refractivity contribution in [1.82, 2.24) is 5.32 Å². The van der Waals surface area contributed by atoms with Crippen LogP contribution < -0.4 is 10.2 Å². The number of anilines is 1. The minimum absolute atomic E-state index is 0.0852. The number of halogens is 3. The van der Waals surface area contributed by atoms with Crippen LogP contribution >= 0.6 is 0 Å². The number of amides is 1. The highest BCUT2D eigenvalue weighted by atomic mass is 19.4. The number of rotatable bonds is 3. The minimum atomic E-state index is -4.32. The van der Waals surface area contributed by atoms with Gasteiger partial charge in [-0.3, -0.25) is 4.79 Å². The summed E-state index contributed by atoms with van der Waals surface area (Å²) in [6.45, 7) is 1.35. The van der Waals surface area contributed by atoms with E-state index in [2.05, 4.69) is 5.32 Å². The van der Waals surface area contributed by atoms with Crippen molar-refractivity contribution in [1.29, 1.82) is 0 Å². The van der Waals surface area contributed by atoms with Gasteiger partial charge in [0.25, 0.3) is 0 Å². The standard InChI is InChI=1S/C19H25F3N2O/c20-19(21,22)15-8-10-17(11-9-15)24-12-4-5-14(13-24)18(25)23-16-6-2-1-3-7-16/h8-11,14,16H,1-7,12-13H2,(H,23,25). The number of nitrogens with one attached hydrogen (secondary N) is 1. The van der Waals surface area contributed by atoms with E-state index in [1.807, 2.05) is 4.90 Å². The maximum absolute atomic E-state index is 12.7. The molecule has 0 radical (unpaired) electrons. The first-order valence-electron chi connectivity index (χ1n) is 9.16. The zero-order chi connectivity index (χ0) is 17.9. The lowest BCUT2D eigenvalue weighted by atomic mass is 9.93. The van der Waals surface area contributed by atoms with Crippen molar-refractivity contribution in [2.75, 3.05) is 18.0 Å². The van der Waals surface area contributed by atoms with Gasteiger partial charge in [-0.1, -0.05) is 19.3 Å². The highest BCUT2D eigenvalue weighted by molar-refractivity contribution is 5.80. The number of nitrogens with zero attached hydrogens (tertiary/aromatic N) is 1. The Morgan fingerprint density at radius 1 is 1.00 bits per heavy atom. The molecule has 1 aromatic carbocycles. The van der Waals surface area contributed by atoms with Crippen molar-refractivity contribution in [3.05, 3.63) is 29.8 Å². The van der Waals surface area contributed by atoms with Crippen LogP contribution in [0.1, 0.15) is 50.5 Å². The molecule has 2 fully saturated rings. The molecule has 1 unspecified atom stereocenters. The first-order chi connectivity index (χ1) is 11.9. The number of piperidine rings is 1. The van der Waals surface area contributed by atoms with Crippen molar-refractivity contribution in [2.45, 2.75) is 57.2 Å². The summed E-state index contributed by atoms with van der Waals surface area (Å²) in [5, 5.41) is 3.18. The monoisotopic (exact) mass is 354 g/mol. The van der Waals surface area contributed by atoms with Gasteiger partial charge in [-0.2, -0.15) is 13.2 Å². The van der Waals surface area contributed by atoms with E-state index in [-0.39, 0.29) is 11.8 Å². The number of hydrogen-bond donors (Lipinski definition) is 1. The Bertz CT molecular complexity index is 579. The molecule has 1 saturated heterocycles. The molecule has 1 atom stereocenters. The highest BCUT2D eigenvalue weighted by Gasteiger charge is 2.31. The number of carbonyl (C=O) groups excluding carboxylic acids is 1. The Morgan fingerprint density at radius 2 is 1.68 bits per heavy atom. The third-order valence-electron chi connectivity index (χ3n) is 5.30. The molecule has 6 heteroatoms. The smallest absolute Gasteiger partial charge is 0.371 e. The lowest BCUT2D eigenvalue weighted by Crippen LogP contribution is -2.46. The summed E-state index contributed by atoms with van der Waals surface area (Å²) in [5.41, 5.74) is 0.114. The van der Waals surface area contributed by atoms with Crippen LogP contribution in [-0.4, -0.2) is 25.0 Å². The second-order valence-electron chi connectivity index (χ2n) is 7.17. The lowest BCUT2D eigenvalue weighted by molar-refractivity contribution is -0.137. The van der Waals surface area contributed by atoms with Crippen molar-refractivity contribution >= 4 is 11.6 Å². The number of hydrogen-bond acceptors (Lipinski definition) is 2. The Morgan fingerprint density at radius 3 is 2.32 bits per heavy atom. The Labute approximate surface area is 146 Å². The molecule has 1 heterocycles. The predicted molar refractivity (Wildman–Crippen MR) is 91.4 cm³/mol. The molecule has 1 aliphatic carbocycles. The van der Waals surface area contributed by atoms with Gasteiger partial charge in [-0.15, -0.1) is 0 Å². The largest absolute Gasteiger partial charge is 0.416 e. The highest BCUT2D eigenvalue weighted by Crippen LogP contribution is 2.31. The summed E-state index contributed by atoms with van der Waals surface area (Å²) < 4.78 is 38.1. The van der Waals surface area contributed by atoms with Crippen LogP contribution in [0.2, 0.25) is 0 Å². The van der Waals surface area contributed by atoms with Gasteiger partial charge in [0, 0.05) is 24.8 Å². The van der Waals surface area contributed by atoms with E-state index >= 15 is 0 Å². The molecule has 138 valence electrons. The van der Waals surface area contributed by atoms with Crippen LogP contribution in [-0.2, 0) is 11.0 Å². The molecule has 3 rings (SSSR count). The van der Waals surface area contributed by atoms with E-state index in [4.69, 9.17) is 0 Å². The number of carbonyl (C=O) groups is 1. The van der Waals surface area contributed by atoms with E-state index in [0.29, 0.717) is 12.6 Å². The molecule has 1 aliphatic heterocycles. The maximum atomic E-state index is 12.7. The average Bonchev–Trinajstić information content (AvgIpc) is 2.62. The Balaban J connectivity index is 1.59. The lowest BCUT2D eigenvalue weighted by Gasteiger charge is -2.35. The summed E-state index contributed by atoms with van der Waals surface area (Å²) in [6, 6.07) is 5.53. The maximum Gasteiger partial charge on any atom is 0.416 e. The molecule has 0 aromatic heterocycles. The fourth-order valence-electron chi connectivity index (χ4n) is 3.85. The van der Waals surface area contributed by atoms with E-state index < -0.39 is 11.7 Å². The number of benzene rings is 1. The van der Waals surface area contributed by atoms with Crippen LogP contribution in [0.25, 0.3) is 0 Å². The van der Waals surface area contributed by atoms with Crippen molar-refractivity contribution in [3.8, 4) is 0 Å². The van der Waals surface area contributed by atoms with E-state index in [1.165, 1.54) is 31.4 Å². The minimum Gasteiger partial charge on any atom is -0.371 e. The SMILES string of the molecule is O=C(NC1CCCCC1)C1CCCN(c2ccc(C(F)(F)F)cc2)C1. The molecular weight excluding hydrogens is 329 g/mol. The number of alkyl halides is 3. The van der Waals surface area contributed by atoms with Crippen molar-refractivity contribution in [3.63, 3.8) is 0 Å². The predicted octanol–water partition coefficient (Wildman–Crippen LogP) is 4.37. The van der Waals surface area contributed by atoms with Crippen LogP contribution in [0.5, 0.6) is 0 Å². The van der Waals surface area contributed by atoms with E-state index in [1.54, 1.807) is 0 Å². The second-order valence-corrected chi connectivity index (χ2v) is 7.17. The fourth-order valence-corrected chi connectivity index (χ4v) is 3.85. The van der Waals surface area contributed by atoms with Gasteiger partial charge in [-0.25, -0.2) is 0 Å². The van der Waals surface area contributed by atoms with Gasteiger partial charge in [0.1, 0.15) is 0 Å².